The van der Waals surface area contributed by atoms with Crippen LogP contribution >= 0.6 is 0 Å². The summed E-state index contributed by atoms with van der Waals surface area (Å²) in [5, 5.41) is 1.23. The average Bonchev–Trinajstić information content (AvgIpc) is 3.32. The second kappa shape index (κ2) is 16.8. The molecule has 2 atom stereocenters. The minimum absolute atomic E-state index is 0.0119. The van der Waals surface area contributed by atoms with E-state index in [-0.39, 0.29) is 72.2 Å². The lowest BCUT2D eigenvalue weighted by Gasteiger charge is -2.46. The Balaban J connectivity index is 1.31. The monoisotopic (exact) mass is 897 g/mol. The van der Waals surface area contributed by atoms with E-state index in [1.165, 1.54) is 13.3 Å². The van der Waals surface area contributed by atoms with E-state index in [2.05, 4.69) is 15.9 Å². The molecule has 3 aromatic heterocycles. The lowest BCUT2D eigenvalue weighted by atomic mass is 9.85. The van der Waals surface area contributed by atoms with Crippen LogP contribution in [0, 0.1) is 18.2 Å². The Morgan fingerprint density at radius 1 is 0.985 bits per heavy atom. The number of rotatable bonds is 10. The molecule has 0 bridgehead atoms. The van der Waals surface area contributed by atoms with Gasteiger partial charge in [-0.05, 0) is 84.5 Å². The first-order valence-electron chi connectivity index (χ1n) is 21.1. The van der Waals surface area contributed by atoms with Crippen molar-refractivity contribution in [3.05, 3.63) is 65.6 Å². The number of benzene rings is 2. The fourth-order valence-electron chi connectivity index (χ4n) is 8.52. The highest BCUT2D eigenvalue weighted by Crippen LogP contribution is 2.49. The van der Waals surface area contributed by atoms with E-state index in [9.17, 15) is 18.4 Å². The van der Waals surface area contributed by atoms with Crippen LogP contribution in [0.1, 0.15) is 78.5 Å². The molecule has 0 N–H and O–H groups in total. The number of aromatic nitrogens is 4. The zero-order valence-corrected chi connectivity index (χ0v) is 37.5. The molecule has 3 aliphatic rings. The summed E-state index contributed by atoms with van der Waals surface area (Å²) in [5.74, 6) is -0.746. The molecule has 2 aromatic carbocycles. The number of hydrogen-bond donors (Lipinski definition) is 0. The van der Waals surface area contributed by atoms with E-state index < -0.39 is 59.7 Å². The topological polar surface area (TPSA) is 151 Å². The second-order valence-corrected chi connectivity index (χ2v) is 18.4. The van der Waals surface area contributed by atoms with Crippen LogP contribution in [0.25, 0.3) is 32.9 Å². The summed E-state index contributed by atoms with van der Waals surface area (Å²) in [5.41, 5.74) is -2.27. The van der Waals surface area contributed by atoms with Crippen LogP contribution in [-0.4, -0.2) is 106 Å². The molecular weight excluding hydrogens is 848 g/mol. The minimum atomic E-state index is -2.91. The number of terminal acetylenes is 1. The van der Waals surface area contributed by atoms with Crippen molar-refractivity contribution in [2.45, 2.75) is 90.0 Å². The molecule has 2 saturated heterocycles. The van der Waals surface area contributed by atoms with Gasteiger partial charge in [-0.25, -0.2) is 32.7 Å². The molecule has 2 fully saturated rings. The number of anilines is 2. The van der Waals surface area contributed by atoms with E-state index in [0.717, 1.165) is 4.90 Å². The molecule has 3 aliphatic heterocycles. The van der Waals surface area contributed by atoms with Crippen LogP contribution in [0.15, 0.2) is 48.7 Å². The van der Waals surface area contributed by atoms with Crippen molar-refractivity contribution in [3.63, 3.8) is 0 Å². The SMILES string of the molecule is C#Cc1cccc2cc(OCOC)cc(-c3nc4c5c(nc(OCC67CCN6CC(F)(F)C7)nc5c3F)N([C@H](C)c3cccnc3N(C(=O)OC(C)(C)C)C(=O)OC(C)(C)C)CCO4)c12. The van der Waals surface area contributed by atoms with Gasteiger partial charge in [0.1, 0.15) is 52.6 Å². The third kappa shape index (κ3) is 8.86. The standard InChI is InChI=1S/C47H50F3N7O8/c1-10-28-13-11-14-29-21-30(63-26-60-9)22-32(33(28)29)36-35(48)37-34-39(54-41(53-37)62-25-46-16-18-55(46)24-47(49,50)23-46)56(19-20-61-40(34)52-36)27(2)31-15-12-17-51-38(31)57(42(58)64-44(3,4)5)43(59)65-45(6,7)8/h1,11-15,17,21-22,27H,16,18-20,23-26H2,2-9H3/t27-,46?/m1/s1. The first-order valence-corrected chi connectivity index (χ1v) is 21.1. The van der Waals surface area contributed by atoms with Crippen molar-refractivity contribution >= 4 is 45.5 Å². The number of hydrogen-bond acceptors (Lipinski definition) is 14. The quantitative estimate of drug-likeness (QED) is 0.0970. The van der Waals surface area contributed by atoms with Gasteiger partial charge in [0.05, 0.1) is 24.7 Å². The van der Waals surface area contributed by atoms with E-state index in [1.807, 2.05) is 6.07 Å². The van der Waals surface area contributed by atoms with Gasteiger partial charge in [-0.3, -0.25) is 4.90 Å². The summed E-state index contributed by atoms with van der Waals surface area (Å²) in [7, 11) is 1.47. The maximum absolute atomic E-state index is 17.8. The molecule has 18 heteroatoms. The summed E-state index contributed by atoms with van der Waals surface area (Å²) < 4.78 is 82.2. The van der Waals surface area contributed by atoms with E-state index in [4.69, 9.17) is 44.8 Å². The van der Waals surface area contributed by atoms with E-state index in [1.54, 1.807) is 94.7 Å². The largest absolute Gasteiger partial charge is 0.475 e. The Hall–Kier alpha value is -6.45. The smallest absolute Gasteiger partial charge is 0.425 e. The number of nitrogens with zero attached hydrogens (tertiary/aromatic N) is 7. The van der Waals surface area contributed by atoms with Crippen molar-refractivity contribution in [2.75, 3.05) is 56.6 Å². The van der Waals surface area contributed by atoms with Crippen molar-refractivity contribution in [2.24, 2.45) is 0 Å². The normalized spacial score (nSPS) is 18.5. The van der Waals surface area contributed by atoms with Gasteiger partial charge in [-0.15, -0.1) is 6.42 Å². The molecular formula is C47H50F3N7O8. The van der Waals surface area contributed by atoms with Gasteiger partial charge in [0, 0.05) is 48.3 Å². The number of amides is 2. The van der Waals surface area contributed by atoms with E-state index >= 15 is 4.39 Å². The van der Waals surface area contributed by atoms with Gasteiger partial charge in [0.25, 0.3) is 5.92 Å². The first-order chi connectivity index (χ1) is 30.7. The summed E-state index contributed by atoms with van der Waals surface area (Å²) in [6, 6.07) is 10.9. The number of fused-ring (bicyclic) bond motifs is 2. The average molecular weight is 898 g/mol. The number of pyridine rings is 2. The number of ether oxygens (including phenoxy) is 6. The van der Waals surface area contributed by atoms with Gasteiger partial charge < -0.3 is 33.3 Å². The van der Waals surface area contributed by atoms with Crippen molar-refractivity contribution in [3.8, 4) is 41.2 Å². The number of carbonyl (C=O) groups excluding carboxylic acids is 2. The highest BCUT2D eigenvalue weighted by atomic mass is 19.3. The Kier molecular flexibility index (Phi) is 11.7. The van der Waals surface area contributed by atoms with Crippen LogP contribution in [0.4, 0.5) is 34.4 Å². The van der Waals surface area contributed by atoms with Gasteiger partial charge in [-0.2, -0.15) is 14.9 Å². The summed E-state index contributed by atoms with van der Waals surface area (Å²) in [6.07, 6.45) is 5.40. The van der Waals surface area contributed by atoms with Crippen molar-refractivity contribution < 1.29 is 51.2 Å². The van der Waals surface area contributed by atoms with Crippen molar-refractivity contribution in [1.29, 1.82) is 0 Å². The first kappa shape index (κ1) is 45.1. The zero-order valence-electron chi connectivity index (χ0n) is 37.5. The second-order valence-electron chi connectivity index (χ2n) is 18.4. The Bertz CT molecular complexity index is 2710. The molecule has 2 amide bonds. The minimum Gasteiger partial charge on any atom is -0.475 e. The highest BCUT2D eigenvalue weighted by molar-refractivity contribution is 6.09. The summed E-state index contributed by atoms with van der Waals surface area (Å²) in [6.45, 7) is 11.7. The number of methoxy groups -OCH3 is 1. The predicted octanol–water partition coefficient (Wildman–Crippen LogP) is 8.84. The van der Waals surface area contributed by atoms with Gasteiger partial charge in [0.15, 0.2) is 18.4 Å². The molecule has 342 valence electrons. The molecule has 0 saturated carbocycles. The zero-order chi connectivity index (χ0) is 46.6. The maximum atomic E-state index is 17.8. The summed E-state index contributed by atoms with van der Waals surface area (Å²) >= 11 is 0. The predicted molar refractivity (Wildman–Crippen MR) is 235 cm³/mol. The third-order valence-corrected chi connectivity index (χ3v) is 11.4. The van der Waals surface area contributed by atoms with Crippen LogP contribution < -0.4 is 24.0 Å². The van der Waals surface area contributed by atoms with Gasteiger partial charge in [-0.1, -0.05) is 24.1 Å². The maximum Gasteiger partial charge on any atom is 0.425 e. The molecule has 1 unspecified atom stereocenters. The lowest BCUT2D eigenvalue weighted by molar-refractivity contribution is -0.0132. The molecule has 15 nitrogen and oxygen atoms in total. The number of alkyl halides is 2. The van der Waals surface area contributed by atoms with E-state index in [0.29, 0.717) is 40.6 Å². The van der Waals surface area contributed by atoms with Crippen LogP contribution in [0.3, 0.4) is 0 Å². The van der Waals surface area contributed by atoms with Gasteiger partial charge in [0.2, 0.25) is 5.88 Å². The number of halogens is 3. The molecule has 0 aliphatic carbocycles. The molecule has 0 radical (unpaired) electrons. The van der Waals surface area contributed by atoms with Crippen molar-refractivity contribution in [1.82, 2.24) is 24.8 Å². The Morgan fingerprint density at radius 3 is 2.37 bits per heavy atom. The van der Waals surface area contributed by atoms with Crippen LogP contribution in [-0.2, 0) is 14.2 Å². The van der Waals surface area contributed by atoms with Crippen LogP contribution in [0.5, 0.6) is 17.6 Å². The number of imide groups is 1. The van der Waals surface area contributed by atoms with Gasteiger partial charge >= 0.3 is 18.2 Å². The fraction of sp³-hybridized carbons (Fsp3) is 0.447. The third-order valence-electron chi connectivity index (χ3n) is 11.4. The Morgan fingerprint density at radius 2 is 1.72 bits per heavy atom. The fourth-order valence-corrected chi connectivity index (χ4v) is 8.52. The summed E-state index contributed by atoms with van der Waals surface area (Å²) in [4.78, 5) is 50.7. The molecule has 65 heavy (non-hydrogen) atoms. The molecule has 6 heterocycles. The lowest BCUT2D eigenvalue weighted by Crippen LogP contribution is -2.59. The van der Waals surface area contributed by atoms with Crippen LogP contribution in [0.2, 0.25) is 0 Å². The highest BCUT2D eigenvalue weighted by Gasteiger charge is 2.60. The number of carbonyl (C=O) groups is 2. The molecule has 5 aromatic rings. The molecule has 0 spiro atoms. The Labute approximate surface area is 374 Å². The molecule has 8 rings (SSSR count).